The smallest absolute Gasteiger partial charge is 0.266 e. The molecule has 4 nitrogen and oxygen atoms in total. The zero-order valence-corrected chi connectivity index (χ0v) is 16.0. The lowest BCUT2D eigenvalue weighted by Gasteiger charge is -2.13. The van der Waals surface area contributed by atoms with Crippen LogP contribution in [0.3, 0.4) is 0 Å². The summed E-state index contributed by atoms with van der Waals surface area (Å²) in [6.07, 6.45) is 7.04. The Morgan fingerprint density at radius 1 is 1.42 bits per heavy atom. The molecule has 26 heavy (non-hydrogen) atoms. The number of aliphatic imine (C=N–C) groups is 2. The number of hydrogen-bond donors (Lipinski definition) is 1. The van der Waals surface area contributed by atoms with Crippen LogP contribution in [0.1, 0.15) is 47.7 Å². The van der Waals surface area contributed by atoms with Gasteiger partial charge in [0.25, 0.3) is 11.8 Å². The Labute approximate surface area is 156 Å². The fourth-order valence-corrected chi connectivity index (χ4v) is 3.44. The Bertz CT molecular complexity index is 770. The maximum atomic E-state index is 13.6. The molecule has 0 spiro atoms. The van der Waals surface area contributed by atoms with Crippen LogP contribution in [-0.2, 0) is 0 Å². The number of alkyl halides is 2. The van der Waals surface area contributed by atoms with Gasteiger partial charge in [0.1, 0.15) is 0 Å². The number of allylic oxidation sites excluding steroid dienone is 2. The number of halogens is 2. The second kappa shape index (κ2) is 8.98. The van der Waals surface area contributed by atoms with Gasteiger partial charge < -0.3 is 5.32 Å². The molecule has 1 aliphatic heterocycles. The zero-order valence-electron chi connectivity index (χ0n) is 15.2. The third-order valence-corrected chi connectivity index (χ3v) is 5.12. The van der Waals surface area contributed by atoms with Gasteiger partial charge >= 0.3 is 0 Å². The van der Waals surface area contributed by atoms with Crippen LogP contribution in [0, 0.1) is 0 Å². The average molecular weight is 379 g/mol. The van der Waals surface area contributed by atoms with Crippen molar-refractivity contribution in [1.29, 1.82) is 0 Å². The number of thiophene rings is 1. The highest BCUT2D eigenvalue weighted by Crippen LogP contribution is 2.27. The predicted octanol–water partition coefficient (Wildman–Crippen LogP) is 4.64. The maximum absolute atomic E-state index is 13.6. The van der Waals surface area contributed by atoms with E-state index in [4.69, 9.17) is 0 Å². The first kappa shape index (κ1) is 20.2. The molecule has 2 rings (SSSR count). The van der Waals surface area contributed by atoms with E-state index in [0.717, 1.165) is 25.3 Å². The topological polar surface area (TPSA) is 53.8 Å². The lowest BCUT2D eigenvalue weighted by molar-refractivity contribution is 0.0605. The van der Waals surface area contributed by atoms with Crippen molar-refractivity contribution in [3.05, 3.63) is 45.3 Å². The second-order valence-electron chi connectivity index (χ2n) is 6.02. The number of rotatable bonds is 7. The number of carbonyl (C=O) groups excluding carboxylic acids is 1. The van der Waals surface area contributed by atoms with Crippen LogP contribution in [0.2, 0.25) is 0 Å². The molecule has 0 aliphatic carbocycles. The SMILES string of the molecule is CC/C(=C\C(=NC)c1ccc(C(=O)NCC2=CN=CCC2)s1)C(C)(F)F. The summed E-state index contributed by atoms with van der Waals surface area (Å²) in [4.78, 5) is 21.7. The molecule has 0 radical (unpaired) electrons. The number of amides is 1. The molecule has 0 fully saturated rings. The number of nitrogens with zero attached hydrogens (tertiary/aromatic N) is 2. The van der Waals surface area contributed by atoms with Gasteiger partial charge in [0, 0.05) is 32.9 Å². The summed E-state index contributed by atoms with van der Waals surface area (Å²) in [5.41, 5.74) is 1.55. The number of carbonyl (C=O) groups is 1. The summed E-state index contributed by atoms with van der Waals surface area (Å²) in [6.45, 7) is 3.03. The van der Waals surface area contributed by atoms with Crippen molar-refractivity contribution in [2.45, 2.75) is 39.0 Å². The molecule has 0 unspecified atom stereocenters. The summed E-state index contributed by atoms with van der Waals surface area (Å²) in [6, 6.07) is 3.43. The van der Waals surface area contributed by atoms with E-state index in [-0.39, 0.29) is 17.9 Å². The molecule has 2 heterocycles. The molecule has 140 valence electrons. The molecule has 1 aliphatic rings. The van der Waals surface area contributed by atoms with Crippen LogP contribution < -0.4 is 5.32 Å². The van der Waals surface area contributed by atoms with E-state index in [1.165, 1.54) is 17.4 Å². The van der Waals surface area contributed by atoms with E-state index in [0.29, 0.717) is 22.0 Å². The van der Waals surface area contributed by atoms with Gasteiger partial charge in [-0.3, -0.25) is 14.8 Å². The van der Waals surface area contributed by atoms with E-state index >= 15 is 0 Å². The van der Waals surface area contributed by atoms with Crippen LogP contribution in [0.15, 0.2) is 45.5 Å². The summed E-state index contributed by atoms with van der Waals surface area (Å²) in [5, 5.41) is 2.87. The fraction of sp³-hybridized carbons (Fsp3) is 0.421. The minimum absolute atomic E-state index is 0.0160. The van der Waals surface area contributed by atoms with Crippen LogP contribution in [0.4, 0.5) is 8.78 Å². The average Bonchev–Trinajstić information content (AvgIpc) is 3.10. The van der Waals surface area contributed by atoms with Gasteiger partial charge in [0.15, 0.2) is 0 Å². The van der Waals surface area contributed by atoms with Gasteiger partial charge in [-0.2, -0.15) is 0 Å². The van der Waals surface area contributed by atoms with Gasteiger partial charge in [-0.05, 0) is 48.6 Å². The van der Waals surface area contributed by atoms with Crippen LogP contribution in [-0.4, -0.2) is 37.3 Å². The largest absolute Gasteiger partial charge is 0.348 e. The molecule has 7 heteroatoms. The van der Waals surface area contributed by atoms with Gasteiger partial charge in [-0.1, -0.05) is 6.92 Å². The van der Waals surface area contributed by atoms with Crippen molar-refractivity contribution in [1.82, 2.24) is 5.32 Å². The van der Waals surface area contributed by atoms with E-state index in [1.807, 2.05) is 6.21 Å². The Balaban J connectivity index is 2.09. The fourth-order valence-electron chi connectivity index (χ4n) is 2.51. The van der Waals surface area contributed by atoms with Crippen molar-refractivity contribution in [3.8, 4) is 0 Å². The minimum atomic E-state index is -2.89. The second-order valence-corrected chi connectivity index (χ2v) is 7.11. The first-order valence-corrected chi connectivity index (χ1v) is 9.30. The quantitative estimate of drug-likeness (QED) is 0.690. The third kappa shape index (κ3) is 5.42. The molecule has 1 amide bonds. The first-order chi connectivity index (χ1) is 12.3. The van der Waals surface area contributed by atoms with Gasteiger partial charge in [-0.25, -0.2) is 8.78 Å². The highest BCUT2D eigenvalue weighted by atomic mass is 32.1. The molecule has 0 aromatic carbocycles. The monoisotopic (exact) mass is 379 g/mol. The summed E-state index contributed by atoms with van der Waals surface area (Å²) in [5.74, 6) is -3.08. The minimum Gasteiger partial charge on any atom is -0.348 e. The molecule has 1 N–H and O–H groups in total. The number of nitrogens with one attached hydrogen (secondary N) is 1. The highest BCUT2D eigenvalue weighted by Gasteiger charge is 2.26. The maximum Gasteiger partial charge on any atom is 0.266 e. The summed E-state index contributed by atoms with van der Waals surface area (Å²) in [7, 11) is 1.56. The normalized spacial score (nSPS) is 15.8. The molecular formula is C19H23F2N3OS. The molecule has 1 aromatic heterocycles. The third-order valence-electron chi connectivity index (χ3n) is 4.01. The Hall–Kier alpha value is -2.15. The Kier molecular flexibility index (Phi) is 6.97. The zero-order chi connectivity index (χ0) is 19.2. The summed E-state index contributed by atoms with van der Waals surface area (Å²) >= 11 is 1.24. The van der Waals surface area contributed by atoms with Crippen molar-refractivity contribution >= 4 is 29.2 Å². The molecular weight excluding hydrogens is 356 g/mol. The van der Waals surface area contributed by atoms with Crippen LogP contribution >= 0.6 is 11.3 Å². The Morgan fingerprint density at radius 3 is 2.73 bits per heavy atom. The van der Waals surface area contributed by atoms with Gasteiger partial charge in [0.05, 0.1) is 15.5 Å². The van der Waals surface area contributed by atoms with Crippen molar-refractivity contribution in [2.75, 3.05) is 13.6 Å². The van der Waals surface area contributed by atoms with Crippen LogP contribution in [0.25, 0.3) is 0 Å². The predicted molar refractivity (Wildman–Crippen MR) is 104 cm³/mol. The standard InChI is InChI=1S/C19H23F2N3OS/c1-4-14(19(2,20)21)10-15(22-3)16-7-8-17(26-16)18(25)24-12-13-6-5-9-23-11-13/h7-11H,4-6,12H2,1-3H3,(H,24,25)/b14-10+,22-15?. The summed E-state index contributed by atoms with van der Waals surface area (Å²) < 4.78 is 27.2. The molecule has 0 bridgehead atoms. The lowest BCUT2D eigenvalue weighted by Crippen LogP contribution is -2.25. The van der Waals surface area contributed by atoms with Gasteiger partial charge in [0.2, 0.25) is 0 Å². The molecule has 0 atom stereocenters. The van der Waals surface area contributed by atoms with Crippen LogP contribution in [0.5, 0.6) is 0 Å². The van der Waals surface area contributed by atoms with Gasteiger partial charge in [-0.15, -0.1) is 11.3 Å². The van der Waals surface area contributed by atoms with E-state index in [9.17, 15) is 13.6 Å². The number of hydrogen-bond acceptors (Lipinski definition) is 4. The van der Waals surface area contributed by atoms with Crippen molar-refractivity contribution in [2.24, 2.45) is 9.98 Å². The first-order valence-electron chi connectivity index (χ1n) is 8.48. The van der Waals surface area contributed by atoms with E-state index in [2.05, 4.69) is 15.3 Å². The molecule has 0 saturated heterocycles. The van der Waals surface area contributed by atoms with Crippen molar-refractivity contribution < 1.29 is 13.6 Å². The molecule has 0 saturated carbocycles. The Morgan fingerprint density at radius 2 is 2.15 bits per heavy atom. The lowest BCUT2D eigenvalue weighted by atomic mass is 10.1. The van der Waals surface area contributed by atoms with E-state index in [1.54, 1.807) is 32.3 Å². The molecule has 1 aromatic rings. The highest BCUT2D eigenvalue weighted by molar-refractivity contribution is 7.16. The van der Waals surface area contributed by atoms with Crippen molar-refractivity contribution in [3.63, 3.8) is 0 Å². The van der Waals surface area contributed by atoms with E-state index < -0.39 is 5.92 Å².